The van der Waals surface area contributed by atoms with E-state index in [9.17, 15) is 17.6 Å². The molecule has 34 heavy (non-hydrogen) atoms. The minimum Gasteiger partial charge on any atom is -0.338 e. The maximum Gasteiger partial charge on any atom is 0.264 e. The highest BCUT2D eigenvalue weighted by Crippen LogP contribution is 2.24. The second-order valence-corrected chi connectivity index (χ2v) is 9.66. The average Bonchev–Trinajstić information content (AvgIpc) is 3.28. The fourth-order valence-corrected chi connectivity index (χ4v) is 4.73. The van der Waals surface area contributed by atoms with Crippen molar-refractivity contribution in [3.8, 4) is 0 Å². The fraction of sp³-hybridized carbons (Fsp3) is 0.120. The van der Waals surface area contributed by atoms with E-state index in [4.69, 9.17) is 0 Å². The minimum absolute atomic E-state index is 0.0644. The van der Waals surface area contributed by atoms with Crippen molar-refractivity contribution in [2.24, 2.45) is 7.05 Å². The van der Waals surface area contributed by atoms with Gasteiger partial charge in [0.2, 0.25) is 0 Å². The second kappa shape index (κ2) is 9.48. The summed E-state index contributed by atoms with van der Waals surface area (Å²) in [5.41, 5.74) is 1.47. The predicted molar refractivity (Wildman–Crippen MR) is 127 cm³/mol. The lowest BCUT2D eigenvalue weighted by molar-refractivity contribution is 0.0941. The van der Waals surface area contributed by atoms with Crippen molar-refractivity contribution >= 4 is 21.6 Å². The molecule has 1 heterocycles. The number of benzene rings is 3. The van der Waals surface area contributed by atoms with Crippen molar-refractivity contribution < 1.29 is 17.6 Å². The molecule has 0 bridgehead atoms. The Kier molecular flexibility index (Phi) is 6.47. The van der Waals surface area contributed by atoms with Gasteiger partial charge in [0, 0.05) is 32.1 Å². The molecule has 1 N–H and O–H groups in total. The van der Waals surface area contributed by atoms with Gasteiger partial charge in [-0.15, -0.1) is 0 Å². The zero-order valence-electron chi connectivity index (χ0n) is 18.6. The van der Waals surface area contributed by atoms with Gasteiger partial charge in [0.25, 0.3) is 15.9 Å². The molecule has 9 heteroatoms. The summed E-state index contributed by atoms with van der Waals surface area (Å²) in [5.74, 6) is -0.229. The van der Waals surface area contributed by atoms with Crippen LogP contribution >= 0.6 is 0 Å². The number of imidazole rings is 1. The number of halogens is 1. The summed E-state index contributed by atoms with van der Waals surface area (Å²) in [7, 11) is -0.516. The van der Waals surface area contributed by atoms with Gasteiger partial charge in [-0.3, -0.25) is 9.10 Å². The lowest BCUT2D eigenvalue weighted by Gasteiger charge is -2.20. The number of carbonyl (C=O) groups excluding carboxylic acids is 1. The minimum atomic E-state index is -3.79. The fourth-order valence-electron chi connectivity index (χ4n) is 3.54. The standard InChI is InChI=1S/C25H23FN4O3S/c1-29-17-16-27-24(29)23(18-8-12-20(26)13-9-18)28-25(31)19-10-14-22(15-11-19)34(32,33)30(2)21-6-4-3-5-7-21/h3-17,23H,1-2H3,(H,28,31)/t23-/m1/s1. The van der Waals surface area contributed by atoms with Crippen molar-refractivity contribution in [2.75, 3.05) is 11.4 Å². The van der Waals surface area contributed by atoms with Crippen LogP contribution in [0.3, 0.4) is 0 Å². The molecule has 4 aromatic rings. The van der Waals surface area contributed by atoms with Crippen LogP contribution in [0.15, 0.2) is 96.2 Å². The Hall–Kier alpha value is -3.98. The van der Waals surface area contributed by atoms with Crippen molar-refractivity contribution in [3.05, 3.63) is 114 Å². The highest BCUT2D eigenvalue weighted by Gasteiger charge is 2.24. The maximum atomic E-state index is 13.4. The number of nitrogens with one attached hydrogen (secondary N) is 1. The zero-order chi connectivity index (χ0) is 24.3. The van der Waals surface area contributed by atoms with Gasteiger partial charge < -0.3 is 9.88 Å². The molecule has 174 valence electrons. The van der Waals surface area contributed by atoms with Crippen LogP contribution in [-0.2, 0) is 17.1 Å². The van der Waals surface area contributed by atoms with Crippen LogP contribution in [0.1, 0.15) is 27.8 Å². The number of aryl methyl sites for hydroxylation is 1. The summed E-state index contributed by atoms with van der Waals surface area (Å²) >= 11 is 0. The van der Waals surface area contributed by atoms with E-state index in [1.54, 1.807) is 60.4 Å². The van der Waals surface area contributed by atoms with Gasteiger partial charge in [-0.05, 0) is 54.1 Å². The van der Waals surface area contributed by atoms with Crippen molar-refractivity contribution in [2.45, 2.75) is 10.9 Å². The summed E-state index contributed by atoms with van der Waals surface area (Å²) in [4.78, 5) is 17.4. The van der Waals surface area contributed by atoms with E-state index in [1.807, 2.05) is 6.07 Å². The smallest absolute Gasteiger partial charge is 0.264 e. The Morgan fingerprint density at radius 1 is 1.00 bits per heavy atom. The Bertz CT molecular complexity index is 1390. The number of para-hydroxylation sites is 1. The van der Waals surface area contributed by atoms with Crippen LogP contribution < -0.4 is 9.62 Å². The van der Waals surface area contributed by atoms with Gasteiger partial charge in [0.05, 0.1) is 10.6 Å². The molecule has 1 atom stereocenters. The number of hydrogen-bond donors (Lipinski definition) is 1. The number of carbonyl (C=O) groups is 1. The van der Waals surface area contributed by atoms with Crippen molar-refractivity contribution in [1.29, 1.82) is 0 Å². The SMILES string of the molecule is CN(c1ccccc1)S(=O)(=O)c1ccc(C(=O)N[C@H](c2ccc(F)cc2)c2nccn2C)cc1. The Morgan fingerprint density at radius 3 is 2.24 bits per heavy atom. The number of rotatable bonds is 7. The molecule has 1 aromatic heterocycles. The molecule has 1 amide bonds. The topological polar surface area (TPSA) is 84.3 Å². The van der Waals surface area contributed by atoms with E-state index < -0.39 is 22.0 Å². The van der Waals surface area contributed by atoms with E-state index in [2.05, 4.69) is 10.3 Å². The van der Waals surface area contributed by atoms with Crippen LogP contribution in [-0.4, -0.2) is 30.9 Å². The predicted octanol–water partition coefficient (Wildman–Crippen LogP) is 3.90. The second-order valence-electron chi connectivity index (χ2n) is 7.69. The molecule has 0 aliphatic rings. The molecule has 0 aliphatic carbocycles. The molecule has 0 unspecified atom stereocenters. The summed E-state index contributed by atoms with van der Waals surface area (Å²) in [6.45, 7) is 0. The molecule has 7 nitrogen and oxygen atoms in total. The largest absolute Gasteiger partial charge is 0.338 e. The van der Waals surface area contributed by atoms with Crippen LogP contribution in [0.2, 0.25) is 0 Å². The van der Waals surface area contributed by atoms with E-state index in [0.717, 1.165) is 0 Å². The zero-order valence-corrected chi connectivity index (χ0v) is 19.4. The molecule has 4 rings (SSSR count). The number of nitrogens with zero attached hydrogens (tertiary/aromatic N) is 3. The van der Waals surface area contributed by atoms with Crippen LogP contribution in [0.4, 0.5) is 10.1 Å². The van der Waals surface area contributed by atoms with E-state index in [1.165, 1.54) is 47.8 Å². The average molecular weight is 479 g/mol. The summed E-state index contributed by atoms with van der Waals surface area (Å²) in [5, 5.41) is 2.91. The molecule has 0 saturated carbocycles. The number of anilines is 1. The van der Waals surface area contributed by atoms with Gasteiger partial charge in [-0.25, -0.2) is 17.8 Å². The maximum absolute atomic E-state index is 13.4. The normalized spacial score (nSPS) is 12.2. The Labute approximate surface area is 197 Å². The molecule has 0 radical (unpaired) electrons. The molecule has 0 saturated heterocycles. The van der Waals surface area contributed by atoms with E-state index in [0.29, 0.717) is 17.1 Å². The third-order valence-corrected chi connectivity index (χ3v) is 7.29. The quantitative estimate of drug-likeness (QED) is 0.437. The summed E-state index contributed by atoms with van der Waals surface area (Å²) in [6.07, 6.45) is 3.36. The third kappa shape index (κ3) is 4.69. The summed E-state index contributed by atoms with van der Waals surface area (Å²) < 4.78 is 42.4. The number of sulfonamides is 1. The first-order valence-corrected chi connectivity index (χ1v) is 11.9. The first-order chi connectivity index (χ1) is 16.3. The van der Waals surface area contributed by atoms with Crippen LogP contribution in [0.25, 0.3) is 0 Å². The van der Waals surface area contributed by atoms with Gasteiger partial charge >= 0.3 is 0 Å². The third-order valence-electron chi connectivity index (χ3n) is 5.49. The highest BCUT2D eigenvalue weighted by atomic mass is 32.2. The summed E-state index contributed by atoms with van der Waals surface area (Å²) in [6, 6.07) is 19.6. The molecule has 0 fully saturated rings. The number of hydrogen-bond acceptors (Lipinski definition) is 4. The van der Waals surface area contributed by atoms with E-state index >= 15 is 0 Å². The van der Waals surface area contributed by atoms with Gasteiger partial charge in [0.15, 0.2) is 0 Å². The van der Waals surface area contributed by atoms with Gasteiger partial charge in [0.1, 0.15) is 17.7 Å². The van der Waals surface area contributed by atoms with Crippen molar-refractivity contribution in [1.82, 2.24) is 14.9 Å². The molecule has 0 spiro atoms. The van der Waals surface area contributed by atoms with Crippen LogP contribution in [0, 0.1) is 5.82 Å². The van der Waals surface area contributed by atoms with Gasteiger partial charge in [-0.1, -0.05) is 30.3 Å². The highest BCUT2D eigenvalue weighted by molar-refractivity contribution is 7.92. The molecule has 0 aliphatic heterocycles. The Morgan fingerprint density at radius 2 is 1.65 bits per heavy atom. The number of aromatic nitrogens is 2. The van der Waals surface area contributed by atoms with Crippen LogP contribution in [0.5, 0.6) is 0 Å². The first-order valence-electron chi connectivity index (χ1n) is 10.4. The van der Waals surface area contributed by atoms with E-state index in [-0.39, 0.29) is 16.3 Å². The monoisotopic (exact) mass is 478 g/mol. The number of amides is 1. The van der Waals surface area contributed by atoms with Gasteiger partial charge in [-0.2, -0.15) is 0 Å². The molecular weight excluding hydrogens is 455 g/mol. The lowest BCUT2D eigenvalue weighted by atomic mass is 10.1. The molecular formula is C25H23FN4O3S. The van der Waals surface area contributed by atoms with Crippen molar-refractivity contribution in [3.63, 3.8) is 0 Å². The Balaban J connectivity index is 1.58. The first kappa shape index (κ1) is 23.2. The lowest BCUT2D eigenvalue weighted by Crippen LogP contribution is -2.31. The molecule has 3 aromatic carbocycles.